The number of hydrogen-bond donors (Lipinski definition) is 1. The normalized spacial score (nSPS) is 18.6. The molecule has 3 rings (SSSR count). The van der Waals surface area contributed by atoms with E-state index in [1.54, 1.807) is 48.4 Å². The maximum Gasteiger partial charge on any atom is 0.260 e. The monoisotopic (exact) mass is 414 g/mol. The molecule has 1 heterocycles. The minimum atomic E-state index is -0.693. The van der Waals surface area contributed by atoms with Crippen molar-refractivity contribution in [3.8, 4) is 11.5 Å². The quantitative estimate of drug-likeness (QED) is 0.756. The van der Waals surface area contributed by atoms with Crippen molar-refractivity contribution < 1.29 is 23.5 Å². The molecule has 0 aromatic heterocycles. The lowest BCUT2D eigenvalue weighted by Crippen LogP contribution is -2.52. The number of carbonyl (C=O) groups is 2. The first-order valence-corrected chi connectivity index (χ1v) is 9.97. The standard InChI is InChI=1S/C23H27FN2O4/c1-23(22(28)25-14-17-5-3-6-18(24)13-17)11-4-12-26(16-23)21(27)15-30-20-9-7-19(29-2)8-10-20/h3,5-10,13H,4,11-12,14-16H2,1-2H3,(H,25,28)/t23-/m0/s1. The van der Waals surface area contributed by atoms with Crippen molar-refractivity contribution >= 4 is 11.8 Å². The van der Waals surface area contributed by atoms with Crippen LogP contribution in [0.1, 0.15) is 25.3 Å². The first kappa shape index (κ1) is 21.6. The zero-order valence-electron chi connectivity index (χ0n) is 17.3. The van der Waals surface area contributed by atoms with Gasteiger partial charge in [-0.2, -0.15) is 0 Å². The smallest absolute Gasteiger partial charge is 0.260 e. The Morgan fingerprint density at radius 1 is 1.17 bits per heavy atom. The third kappa shape index (κ3) is 5.49. The van der Waals surface area contributed by atoms with E-state index in [9.17, 15) is 14.0 Å². The van der Waals surface area contributed by atoms with E-state index in [1.807, 2.05) is 6.92 Å². The maximum atomic E-state index is 13.3. The molecular formula is C23H27FN2O4. The second-order valence-electron chi connectivity index (χ2n) is 7.76. The number of piperidine rings is 1. The van der Waals surface area contributed by atoms with Gasteiger partial charge in [-0.3, -0.25) is 9.59 Å². The van der Waals surface area contributed by atoms with Gasteiger partial charge in [-0.25, -0.2) is 4.39 Å². The van der Waals surface area contributed by atoms with Crippen molar-refractivity contribution in [2.45, 2.75) is 26.3 Å². The molecule has 1 aliphatic rings. The van der Waals surface area contributed by atoms with E-state index in [0.717, 1.165) is 6.42 Å². The van der Waals surface area contributed by atoms with Crippen LogP contribution in [0.4, 0.5) is 4.39 Å². The number of halogens is 1. The number of rotatable bonds is 7. The molecule has 0 bridgehead atoms. The zero-order chi connectivity index (χ0) is 21.6. The lowest BCUT2D eigenvalue weighted by Gasteiger charge is -2.39. The molecule has 2 aromatic rings. The number of ether oxygens (including phenoxy) is 2. The summed E-state index contributed by atoms with van der Waals surface area (Å²) in [4.78, 5) is 27.1. The highest BCUT2D eigenvalue weighted by atomic mass is 19.1. The number of nitrogens with zero attached hydrogens (tertiary/aromatic N) is 1. The number of benzene rings is 2. The van der Waals surface area contributed by atoms with Crippen molar-refractivity contribution in [2.75, 3.05) is 26.8 Å². The van der Waals surface area contributed by atoms with Gasteiger partial charge in [-0.1, -0.05) is 12.1 Å². The van der Waals surface area contributed by atoms with Gasteiger partial charge in [0.2, 0.25) is 5.91 Å². The largest absolute Gasteiger partial charge is 0.497 e. The lowest BCUT2D eigenvalue weighted by molar-refractivity contribution is -0.142. The summed E-state index contributed by atoms with van der Waals surface area (Å²) in [5.74, 6) is 0.663. The van der Waals surface area contributed by atoms with Gasteiger partial charge in [0.1, 0.15) is 17.3 Å². The summed E-state index contributed by atoms with van der Waals surface area (Å²) in [6.45, 7) is 2.94. The van der Waals surface area contributed by atoms with Crippen LogP contribution >= 0.6 is 0 Å². The van der Waals surface area contributed by atoms with Crippen molar-refractivity contribution in [1.82, 2.24) is 10.2 Å². The summed E-state index contributed by atoms with van der Waals surface area (Å²) in [5.41, 5.74) is 0.00466. The molecule has 1 atom stereocenters. The van der Waals surface area contributed by atoms with Crippen LogP contribution in [0, 0.1) is 11.2 Å². The second-order valence-corrected chi connectivity index (χ2v) is 7.76. The Kier molecular flexibility index (Phi) is 6.92. The highest BCUT2D eigenvalue weighted by molar-refractivity contribution is 5.84. The van der Waals surface area contributed by atoms with E-state index in [1.165, 1.54) is 12.1 Å². The molecule has 1 fully saturated rings. The fourth-order valence-electron chi connectivity index (χ4n) is 3.59. The highest BCUT2D eigenvalue weighted by Gasteiger charge is 2.39. The van der Waals surface area contributed by atoms with Gasteiger partial charge < -0.3 is 19.7 Å². The third-order valence-electron chi connectivity index (χ3n) is 5.36. The minimum absolute atomic E-state index is 0.0900. The number of nitrogens with one attached hydrogen (secondary N) is 1. The molecule has 0 saturated carbocycles. The molecule has 1 aliphatic heterocycles. The van der Waals surface area contributed by atoms with Crippen LogP contribution in [0.2, 0.25) is 0 Å². The molecule has 2 aromatic carbocycles. The highest BCUT2D eigenvalue weighted by Crippen LogP contribution is 2.30. The first-order chi connectivity index (χ1) is 14.4. The van der Waals surface area contributed by atoms with Crippen LogP contribution in [0.3, 0.4) is 0 Å². The number of methoxy groups -OCH3 is 1. The van der Waals surface area contributed by atoms with Gasteiger partial charge in [-0.15, -0.1) is 0 Å². The predicted molar refractivity (Wildman–Crippen MR) is 111 cm³/mol. The Labute approximate surface area is 176 Å². The van der Waals surface area contributed by atoms with Crippen molar-refractivity contribution in [2.24, 2.45) is 5.41 Å². The summed E-state index contributed by atoms with van der Waals surface area (Å²) in [5, 5.41) is 2.88. The third-order valence-corrected chi connectivity index (χ3v) is 5.36. The van der Waals surface area contributed by atoms with E-state index in [-0.39, 0.29) is 30.8 Å². The SMILES string of the molecule is COc1ccc(OCC(=O)N2CCC[C@](C)(C(=O)NCc3cccc(F)c3)C2)cc1. The van der Waals surface area contributed by atoms with Gasteiger partial charge in [0.25, 0.3) is 5.91 Å². The van der Waals surface area contributed by atoms with E-state index >= 15 is 0 Å². The second kappa shape index (κ2) is 9.61. The van der Waals surface area contributed by atoms with Crippen molar-refractivity contribution in [3.63, 3.8) is 0 Å². The van der Waals surface area contributed by atoms with Crippen LogP contribution in [-0.2, 0) is 16.1 Å². The van der Waals surface area contributed by atoms with Gasteiger partial charge in [0.05, 0.1) is 12.5 Å². The fraction of sp³-hybridized carbons (Fsp3) is 0.391. The topological polar surface area (TPSA) is 67.9 Å². The summed E-state index contributed by atoms with van der Waals surface area (Å²) in [7, 11) is 1.58. The van der Waals surface area contributed by atoms with E-state index < -0.39 is 5.41 Å². The van der Waals surface area contributed by atoms with Gasteiger partial charge >= 0.3 is 0 Å². The average molecular weight is 414 g/mol. The minimum Gasteiger partial charge on any atom is -0.497 e. The number of hydrogen-bond acceptors (Lipinski definition) is 4. The number of likely N-dealkylation sites (tertiary alicyclic amines) is 1. The van der Waals surface area contributed by atoms with Crippen LogP contribution < -0.4 is 14.8 Å². The van der Waals surface area contributed by atoms with Crippen molar-refractivity contribution in [3.05, 3.63) is 59.9 Å². The molecule has 1 saturated heterocycles. The van der Waals surface area contributed by atoms with Gasteiger partial charge in [0, 0.05) is 19.6 Å². The Morgan fingerprint density at radius 2 is 1.90 bits per heavy atom. The lowest BCUT2D eigenvalue weighted by atomic mass is 9.81. The molecule has 0 radical (unpaired) electrons. The summed E-state index contributed by atoms with van der Waals surface area (Å²) in [6.07, 6.45) is 1.42. The first-order valence-electron chi connectivity index (χ1n) is 9.97. The Morgan fingerprint density at radius 3 is 2.60 bits per heavy atom. The van der Waals surface area contributed by atoms with E-state index in [2.05, 4.69) is 5.32 Å². The van der Waals surface area contributed by atoms with Crippen LogP contribution in [-0.4, -0.2) is 43.5 Å². The Bertz CT molecular complexity index is 887. The van der Waals surface area contributed by atoms with E-state index in [0.29, 0.717) is 36.6 Å². The molecular weight excluding hydrogens is 387 g/mol. The molecule has 0 aliphatic carbocycles. The van der Waals surface area contributed by atoms with Gasteiger partial charge in [-0.05, 0) is 61.7 Å². The summed E-state index contributed by atoms with van der Waals surface area (Å²) in [6, 6.07) is 13.2. The molecule has 30 heavy (non-hydrogen) atoms. The Hall–Kier alpha value is -3.09. The molecule has 6 nitrogen and oxygen atoms in total. The summed E-state index contributed by atoms with van der Waals surface area (Å²) >= 11 is 0. The maximum absolute atomic E-state index is 13.3. The van der Waals surface area contributed by atoms with Gasteiger partial charge in [0.15, 0.2) is 6.61 Å². The molecule has 160 valence electrons. The number of carbonyl (C=O) groups excluding carboxylic acids is 2. The Balaban J connectivity index is 1.53. The van der Waals surface area contributed by atoms with Crippen molar-refractivity contribution in [1.29, 1.82) is 0 Å². The van der Waals surface area contributed by atoms with E-state index in [4.69, 9.17) is 9.47 Å². The average Bonchev–Trinajstić information content (AvgIpc) is 2.76. The number of amides is 2. The molecule has 0 spiro atoms. The van der Waals surface area contributed by atoms with Crippen LogP contribution in [0.25, 0.3) is 0 Å². The fourth-order valence-corrected chi connectivity index (χ4v) is 3.59. The zero-order valence-corrected chi connectivity index (χ0v) is 17.3. The van der Waals surface area contributed by atoms with Crippen LogP contribution in [0.5, 0.6) is 11.5 Å². The molecule has 7 heteroatoms. The molecule has 1 N–H and O–H groups in total. The predicted octanol–water partition coefficient (Wildman–Crippen LogP) is 3.16. The molecule has 0 unspecified atom stereocenters. The van der Waals surface area contributed by atoms with Crippen LogP contribution in [0.15, 0.2) is 48.5 Å². The summed E-state index contributed by atoms with van der Waals surface area (Å²) < 4.78 is 24.0. The molecule has 2 amide bonds.